The highest BCUT2D eigenvalue weighted by Crippen LogP contribution is 2.13. The molecule has 0 spiro atoms. The summed E-state index contributed by atoms with van der Waals surface area (Å²) in [5.74, 6) is 0.931. The smallest absolute Gasteiger partial charge is 0.138 e. The Bertz CT molecular complexity index is 159. The summed E-state index contributed by atoms with van der Waals surface area (Å²) in [6, 6.07) is 0. The van der Waals surface area contributed by atoms with Crippen molar-refractivity contribution in [3.63, 3.8) is 0 Å². The summed E-state index contributed by atoms with van der Waals surface area (Å²) in [6.07, 6.45) is 9.42. The van der Waals surface area contributed by atoms with Gasteiger partial charge in [0.1, 0.15) is 24.5 Å². The summed E-state index contributed by atoms with van der Waals surface area (Å²) in [7, 11) is 0. The Labute approximate surface area is 67.5 Å². The number of hydrogen-bond acceptors (Lipinski definition) is 2. The van der Waals surface area contributed by atoms with Crippen LogP contribution in [0.15, 0.2) is 24.5 Å². The molecule has 1 heterocycles. The van der Waals surface area contributed by atoms with Crippen LogP contribution < -0.4 is 0 Å². The van der Waals surface area contributed by atoms with E-state index in [4.69, 9.17) is 9.47 Å². The highest BCUT2D eigenvalue weighted by Gasteiger charge is 1.99. The van der Waals surface area contributed by atoms with Crippen LogP contribution in [-0.4, -0.2) is 0 Å². The van der Waals surface area contributed by atoms with E-state index in [1.54, 1.807) is 12.5 Å². The van der Waals surface area contributed by atoms with Crippen LogP contribution in [0, 0.1) is 0 Å². The lowest BCUT2D eigenvalue weighted by atomic mass is 10.2. The van der Waals surface area contributed by atoms with Gasteiger partial charge in [0.15, 0.2) is 0 Å². The molecule has 0 aliphatic carbocycles. The number of hydrogen-bond donors (Lipinski definition) is 0. The highest BCUT2D eigenvalue weighted by molar-refractivity contribution is 4.94. The van der Waals surface area contributed by atoms with Gasteiger partial charge in [0.05, 0.1) is 0 Å². The first kappa shape index (κ1) is 8.18. The molecule has 0 saturated heterocycles. The highest BCUT2D eigenvalue weighted by atomic mass is 16.5. The predicted octanol–water partition coefficient (Wildman–Crippen LogP) is 2.93. The Hall–Kier alpha value is -0.920. The molecule has 0 N–H and O–H groups in total. The van der Waals surface area contributed by atoms with Crippen LogP contribution >= 0.6 is 0 Å². The molecule has 2 heteroatoms. The van der Waals surface area contributed by atoms with Crippen molar-refractivity contribution in [1.82, 2.24) is 0 Å². The van der Waals surface area contributed by atoms with Crippen LogP contribution in [0.3, 0.4) is 0 Å². The maximum Gasteiger partial charge on any atom is 0.138 e. The first-order valence-corrected chi connectivity index (χ1v) is 4.09. The molecule has 1 aliphatic heterocycles. The van der Waals surface area contributed by atoms with E-state index in [0.717, 1.165) is 12.2 Å². The van der Waals surface area contributed by atoms with E-state index in [-0.39, 0.29) is 0 Å². The molecule has 0 atom stereocenters. The maximum atomic E-state index is 5.18. The van der Waals surface area contributed by atoms with Crippen LogP contribution in [0.5, 0.6) is 0 Å². The molecule has 2 nitrogen and oxygen atoms in total. The molecule has 0 fully saturated rings. The molecule has 0 bridgehead atoms. The van der Waals surface area contributed by atoms with E-state index in [1.165, 1.54) is 25.5 Å². The average Bonchev–Trinajstić information content (AvgIpc) is 2.07. The van der Waals surface area contributed by atoms with Crippen LogP contribution in [0.4, 0.5) is 0 Å². The van der Waals surface area contributed by atoms with Crippen molar-refractivity contribution >= 4 is 0 Å². The van der Waals surface area contributed by atoms with E-state index in [2.05, 4.69) is 6.92 Å². The quantitative estimate of drug-likeness (QED) is 0.579. The zero-order valence-corrected chi connectivity index (χ0v) is 6.88. The molecule has 1 aliphatic rings. The Morgan fingerprint density at radius 1 is 1.27 bits per heavy atom. The third kappa shape index (κ3) is 3.12. The van der Waals surface area contributed by atoms with E-state index in [1.807, 2.05) is 0 Å². The second-order valence-electron chi connectivity index (χ2n) is 2.57. The van der Waals surface area contributed by atoms with E-state index >= 15 is 0 Å². The van der Waals surface area contributed by atoms with Gasteiger partial charge in [-0.1, -0.05) is 19.8 Å². The molecule has 1 rings (SSSR count). The van der Waals surface area contributed by atoms with E-state index < -0.39 is 0 Å². The van der Waals surface area contributed by atoms with Gasteiger partial charge < -0.3 is 9.47 Å². The molecule has 0 radical (unpaired) electrons. The van der Waals surface area contributed by atoms with Crippen molar-refractivity contribution in [2.24, 2.45) is 0 Å². The molecule has 11 heavy (non-hydrogen) atoms. The minimum Gasteiger partial charge on any atom is -0.466 e. The molecule has 62 valence electrons. The van der Waals surface area contributed by atoms with Crippen LogP contribution in [0.25, 0.3) is 0 Å². The monoisotopic (exact) mass is 154 g/mol. The van der Waals surface area contributed by atoms with Crippen LogP contribution in [-0.2, 0) is 9.47 Å². The molecule has 0 aromatic heterocycles. The van der Waals surface area contributed by atoms with Gasteiger partial charge in [0.25, 0.3) is 0 Å². The SMILES string of the molecule is CCCCCC1=COC=CO1. The van der Waals surface area contributed by atoms with Crippen molar-refractivity contribution in [3.05, 3.63) is 24.5 Å². The normalized spacial score (nSPS) is 15.2. The number of unbranched alkanes of at least 4 members (excludes halogenated alkanes) is 2. The van der Waals surface area contributed by atoms with Gasteiger partial charge in [-0.05, 0) is 6.42 Å². The van der Waals surface area contributed by atoms with Gasteiger partial charge >= 0.3 is 0 Å². The number of rotatable bonds is 4. The fourth-order valence-corrected chi connectivity index (χ4v) is 0.957. The standard InChI is InChI=1S/C9H14O2/c1-2-3-4-5-9-8-10-6-7-11-9/h6-8H,2-5H2,1H3. The zero-order chi connectivity index (χ0) is 7.94. The van der Waals surface area contributed by atoms with Gasteiger partial charge in [0, 0.05) is 6.42 Å². The fourth-order valence-electron chi connectivity index (χ4n) is 0.957. The Balaban J connectivity index is 2.11. The van der Waals surface area contributed by atoms with Crippen molar-refractivity contribution in [2.75, 3.05) is 0 Å². The van der Waals surface area contributed by atoms with Crippen molar-refractivity contribution in [1.29, 1.82) is 0 Å². The van der Waals surface area contributed by atoms with Crippen LogP contribution in [0.2, 0.25) is 0 Å². The Morgan fingerprint density at radius 3 is 2.82 bits per heavy atom. The fraction of sp³-hybridized carbons (Fsp3) is 0.556. The topological polar surface area (TPSA) is 18.5 Å². The minimum absolute atomic E-state index is 0.931. The van der Waals surface area contributed by atoms with Crippen LogP contribution in [0.1, 0.15) is 32.6 Å². The largest absolute Gasteiger partial charge is 0.466 e. The minimum atomic E-state index is 0.931. The number of ether oxygens (including phenoxy) is 2. The maximum absolute atomic E-state index is 5.18. The second kappa shape index (κ2) is 4.83. The lowest BCUT2D eigenvalue weighted by molar-refractivity contribution is 0.244. The molecular formula is C9H14O2. The molecule has 0 amide bonds. The first-order chi connectivity index (χ1) is 5.43. The Morgan fingerprint density at radius 2 is 2.18 bits per heavy atom. The number of allylic oxidation sites excluding steroid dienone is 1. The summed E-state index contributed by atoms with van der Waals surface area (Å²) < 4.78 is 10.1. The molecule has 0 saturated carbocycles. The zero-order valence-electron chi connectivity index (χ0n) is 6.88. The van der Waals surface area contributed by atoms with Crippen molar-refractivity contribution < 1.29 is 9.47 Å². The predicted molar refractivity (Wildman–Crippen MR) is 43.5 cm³/mol. The van der Waals surface area contributed by atoms with Crippen molar-refractivity contribution in [3.8, 4) is 0 Å². The van der Waals surface area contributed by atoms with E-state index in [0.29, 0.717) is 0 Å². The summed E-state index contributed by atoms with van der Waals surface area (Å²) in [6.45, 7) is 2.19. The van der Waals surface area contributed by atoms with Gasteiger partial charge in [0.2, 0.25) is 0 Å². The molecular weight excluding hydrogens is 140 g/mol. The molecule has 0 unspecified atom stereocenters. The lowest BCUT2D eigenvalue weighted by Gasteiger charge is -2.08. The third-order valence-electron chi connectivity index (χ3n) is 1.58. The summed E-state index contributed by atoms with van der Waals surface area (Å²) in [5, 5.41) is 0. The summed E-state index contributed by atoms with van der Waals surface area (Å²) in [5.41, 5.74) is 0. The lowest BCUT2D eigenvalue weighted by Crippen LogP contribution is -1.91. The van der Waals surface area contributed by atoms with Crippen molar-refractivity contribution in [2.45, 2.75) is 32.6 Å². The second-order valence-corrected chi connectivity index (χ2v) is 2.57. The Kier molecular flexibility index (Phi) is 3.59. The van der Waals surface area contributed by atoms with Gasteiger partial charge in [-0.15, -0.1) is 0 Å². The average molecular weight is 154 g/mol. The van der Waals surface area contributed by atoms with Gasteiger partial charge in [-0.25, -0.2) is 0 Å². The third-order valence-corrected chi connectivity index (χ3v) is 1.58. The van der Waals surface area contributed by atoms with Gasteiger partial charge in [-0.2, -0.15) is 0 Å². The molecule has 0 aromatic rings. The summed E-state index contributed by atoms with van der Waals surface area (Å²) >= 11 is 0. The molecule has 0 aromatic carbocycles. The van der Waals surface area contributed by atoms with Gasteiger partial charge in [-0.3, -0.25) is 0 Å². The van der Waals surface area contributed by atoms with E-state index in [9.17, 15) is 0 Å². The summed E-state index contributed by atoms with van der Waals surface area (Å²) in [4.78, 5) is 0. The first-order valence-electron chi connectivity index (χ1n) is 4.09.